The third kappa shape index (κ3) is 3.07. The van der Waals surface area contributed by atoms with Gasteiger partial charge in [0, 0.05) is 6.20 Å². The maximum Gasteiger partial charge on any atom is 0.238 e. The van der Waals surface area contributed by atoms with Gasteiger partial charge in [-0.15, -0.1) is 5.10 Å². The molecule has 3 N–H and O–H groups in total. The number of thiocarbonyl (C=S) groups is 1. The van der Waals surface area contributed by atoms with Gasteiger partial charge in [-0.2, -0.15) is 5.10 Å². The maximum atomic E-state index is 12.5. The van der Waals surface area contributed by atoms with Crippen LogP contribution in [0.25, 0.3) is 0 Å². The molecule has 102 valence electrons. The minimum Gasteiger partial charge on any atom is -0.392 e. The van der Waals surface area contributed by atoms with Crippen LogP contribution in [0.5, 0.6) is 0 Å². The second kappa shape index (κ2) is 6.06. The van der Waals surface area contributed by atoms with Crippen molar-refractivity contribution in [3.8, 4) is 0 Å². The van der Waals surface area contributed by atoms with Crippen molar-refractivity contribution in [2.24, 2.45) is 11.1 Å². The Kier molecular flexibility index (Phi) is 4.42. The number of aromatic nitrogens is 2. The Hall–Kier alpha value is -1.56. The van der Waals surface area contributed by atoms with Crippen LogP contribution in [0, 0.1) is 5.41 Å². The number of nitrogens with zero attached hydrogens (tertiary/aromatic N) is 2. The Bertz CT molecular complexity index is 455. The van der Waals surface area contributed by atoms with Crippen LogP contribution in [-0.4, -0.2) is 21.1 Å². The highest BCUT2D eigenvalue weighted by Crippen LogP contribution is 2.36. The van der Waals surface area contributed by atoms with E-state index in [4.69, 9.17) is 18.0 Å². The van der Waals surface area contributed by atoms with Gasteiger partial charge in [0.1, 0.15) is 0 Å². The van der Waals surface area contributed by atoms with Crippen LogP contribution in [0.3, 0.4) is 0 Å². The van der Waals surface area contributed by atoms with Crippen molar-refractivity contribution in [3.63, 3.8) is 0 Å². The first-order valence-electron chi connectivity index (χ1n) is 6.54. The fourth-order valence-electron chi connectivity index (χ4n) is 2.52. The Morgan fingerprint density at radius 3 is 2.53 bits per heavy atom. The van der Waals surface area contributed by atoms with Gasteiger partial charge in [0.2, 0.25) is 5.91 Å². The summed E-state index contributed by atoms with van der Waals surface area (Å²) >= 11 is 5.16. The van der Waals surface area contributed by atoms with Crippen LogP contribution >= 0.6 is 12.2 Å². The van der Waals surface area contributed by atoms with E-state index in [1.165, 1.54) is 0 Å². The zero-order chi connectivity index (χ0) is 13.7. The molecule has 1 aliphatic carbocycles. The number of anilines is 1. The van der Waals surface area contributed by atoms with Gasteiger partial charge in [-0.1, -0.05) is 37.9 Å². The molecule has 2 rings (SSSR count). The van der Waals surface area contributed by atoms with Crippen molar-refractivity contribution in [1.29, 1.82) is 0 Å². The molecular formula is C13H18N4OS. The van der Waals surface area contributed by atoms with E-state index < -0.39 is 5.41 Å². The molecule has 1 fully saturated rings. The second-order valence-electron chi connectivity index (χ2n) is 4.92. The van der Waals surface area contributed by atoms with E-state index in [-0.39, 0.29) is 10.9 Å². The highest BCUT2D eigenvalue weighted by atomic mass is 32.1. The van der Waals surface area contributed by atoms with E-state index in [2.05, 4.69) is 15.5 Å². The lowest BCUT2D eigenvalue weighted by Gasteiger charge is -2.29. The molecule has 0 aliphatic heterocycles. The minimum atomic E-state index is -0.733. The first kappa shape index (κ1) is 13.9. The molecule has 1 aliphatic rings. The molecule has 0 unspecified atom stereocenters. The minimum absolute atomic E-state index is 0.151. The lowest BCUT2D eigenvalue weighted by Crippen LogP contribution is -2.45. The van der Waals surface area contributed by atoms with Crippen molar-refractivity contribution in [2.75, 3.05) is 5.32 Å². The van der Waals surface area contributed by atoms with Gasteiger partial charge in [-0.25, -0.2) is 0 Å². The molecule has 0 aromatic carbocycles. The number of hydrogen-bond donors (Lipinski definition) is 2. The Balaban J connectivity index is 2.19. The average molecular weight is 278 g/mol. The van der Waals surface area contributed by atoms with E-state index in [0.29, 0.717) is 18.7 Å². The Labute approximate surface area is 118 Å². The van der Waals surface area contributed by atoms with Crippen molar-refractivity contribution < 1.29 is 4.79 Å². The predicted octanol–water partition coefficient (Wildman–Crippen LogP) is 2.04. The summed E-state index contributed by atoms with van der Waals surface area (Å²) in [6.45, 7) is 0. The number of nitrogens with two attached hydrogens (primary N) is 1. The number of carbonyl (C=O) groups is 1. The molecule has 0 bridgehead atoms. The number of carbonyl (C=O) groups excluding carboxylic acids is 1. The molecule has 0 saturated heterocycles. The van der Waals surface area contributed by atoms with Crippen molar-refractivity contribution in [3.05, 3.63) is 18.3 Å². The predicted molar refractivity (Wildman–Crippen MR) is 77.6 cm³/mol. The van der Waals surface area contributed by atoms with E-state index in [9.17, 15) is 4.79 Å². The number of amides is 1. The topological polar surface area (TPSA) is 80.9 Å². The quantitative estimate of drug-likeness (QED) is 0.653. The van der Waals surface area contributed by atoms with Crippen LogP contribution in [-0.2, 0) is 4.79 Å². The molecule has 0 spiro atoms. The van der Waals surface area contributed by atoms with Crippen molar-refractivity contribution in [2.45, 2.75) is 38.5 Å². The zero-order valence-electron chi connectivity index (χ0n) is 10.8. The summed E-state index contributed by atoms with van der Waals surface area (Å²) in [5, 5.41) is 10.4. The maximum absolute atomic E-state index is 12.5. The summed E-state index contributed by atoms with van der Waals surface area (Å²) in [5.41, 5.74) is 5.13. The highest BCUT2D eigenvalue weighted by Gasteiger charge is 2.41. The second-order valence-corrected chi connectivity index (χ2v) is 5.36. The lowest BCUT2D eigenvalue weighted by atomic mass is 9.79. The monoisotopic (exact) mass is 278 g/mol. The van der Waals surface area contributed by atoms with Gasteiger partial charge in [0.05, 0.1) is 10.4 Å². The zero-order valence-corrected chi connectivity index (χ0v) is 11.6. The fraction of sp³-hybridized carbons (Fsp3) is 0.538. The number of nitrogens with one attached hydrogen (secondary N) is 1. The summed E-state index contributed by atoms with van der Waals surface area (Å²) < 4.78 is 0. The van der Waals surface area contributed by atoms with Crippen molar-refractivity contribution in [1.82, 2.24) is 10.2 Å². The number of rotatable bonds is 3. The van der Waals surface area contributed by atoms with E-state index in [1.54, 1.807) is 18.3 Å². The van der Waals surface area contributed by atoms with Crippen molar-refractivity contribution >= 4 is 28.9 Å². The molecule has 1 aromatic heterocycles. The molecule has 0 radical (unpaired) electrons. The first-order chi connectivity index (χ1) is 9.15. The van der Waals surface area contributed by atoms with Gasteiger partial charge in [-0.3, -0.25) is 4.79 Å². The Morgan fingerprint density at radius 1 is 1.32 bits per heavy atom. The summed E-state index contributed by atoms with van der Waals surface area (Å²) in [6.07, 6.45) is 7.20. The lowest BCUT2D eigenvalue weighted by molar-refractivity contribution is -0.122. The van der Waals surface area contributed by atoms with Gasteiger partial charge in [-0.05, 0) is 25.0 Å². The summed E-state index contributed by atoms with van der Waals surface area (Å²) in [6, 6.07) is 3.43. The molecule has 1 aromatic rings. The van der Waals surface area contributed by atoms with E-state index >= 15 is 0 Å². The Morgan fingerprint density at radius 2 is 2.00 bits per heavy atom. The normalized spacial score (nSPS) is 18.3. The third-order valence-electron chi connectivity index (χ3n) is 3.68. The molecule has 1 saturated carbocycles. The molecule has 0 atom stereocenters. The molecule has 6 heteroatoms. The third-order valence-corrected chi connectivity index (χ3v) is 4.07. The standard InChI is InChI=1S/C13H18N4OS/c14-11(19)13(7-3-1-2-4-8-13)12(18)16-10-6-5-9-15-17-10/h5-6,9H,1-4,7-8H2,(H2,14,19)(H,16,17,18). The van der Waals surface area contributed by atoms with Crippen LogP contribution in [0.1, 0.15) is 38.5 Å². The van der Waals surface area contributed by atoms with Crippen LogP contribution in [0.15, 0.2) is 18.3 Å². The van der Waals surface area contributed by atoms with Gasteiger partial charge >= 0.3 is 0 Å². The highest BCUT2D eigenvalue weighted by molar-refractivity contribution is 7.80. The SMILES string of the molecule is NC(=S)C1(C(=O)Nc2cccnn2)CCCCCC1. The fourth-order valence-corrected chi connectivity index (χ4v) is 2.82. The molecule has 5 nitrogen and oxygen atoms in total. The summed E-state index contributed by atoms with van der Waals surface area (Å²) in [7, 11) is 0. The van der Waals surface area contributed by atoms with Gasteiger partial charge < -0.3 is 11.1 Å². The van der Waals surface area contributed by atoms with Gasteiger partial charge in [0.25, 0.3) is 0 Å². The van der Waals surface area contributed by atoms with Gasteiger partial charge in [0.15, 0.2) is 5.82 Å². The molecule has 19 heavy (non-hydrogen) atoms. The van der Waals surface area contributed by atoms with Crippen LogP contribution in [0.4, 0.5) is 5.82 Å². The molecular weight excluding hydrogens is 260 g/mol. The van der Waals surface area contributed by atoms with E-state index in [1.807, 2.05) is 0 Å². The average Bonchev–Trinajstić information content (AvgIpc) is 2.66. The smallest absolute Gasteiger partial charge is 0.238 e. The summed E-state index contributed by atoms with van der Waals surface area (Å²) in [5.74, 6) is 0.287. The first-order valence-corrected chi connectivity index (χ1v) is 6.95. The molecule has 1 amide bonds. The van der Waals surface area contributed by atoms with E-state index in [0.717, 1.165) is 25.7 Å². The van der Waals surface area contributed by atoms with Crippen LogP contribution < -0.4 is 11.1 Å². The molecule has 1 heterocycles. The van der Waals surface area contributed by atoms with Crippen LogP contribution in [0.2, 0.25) is 0 Å². The largest absolute Gasteiger partial charge is 0.392 e. The number of hydrogen-bond acceptors (Lipinski definition) is 4. The summed E-state index contributed by atoms with van der Waals surface area (Å²) in [4.78, 5) is 12.8.